The van der Waals surface area contributed by atoms with Gasteiger partial charge < -0.3 is 15.2 Å². The van der Waals surface area contributed by atoms with E-state index in [4.69, 9.17) is 15.2 Å². The fourth-order valence-electron chi connectivity index (χ4n) is 1.36. The fraction of sp³-hybridized carbons (Fsp3) is 0.455. The molecule has 0 aliphatic heterocycles. The van der Waals surface area contributed by atoms with Crippen LogP contribution in [0.2, 0.25) is 0 Å². The Morgan fingerprint density at radius 1 is 1.28 bits per heavy atom. The molecule has 0 amide bonds. The van der Waals surface area contributed by atoms with Gasteiger partial charge in [0, 0.05) is 18.7 Å². The average Bonchev–Trinajstić information content (AvgIpc) is 2.37. The van der Waals surface area contributed by atoms with Gasteiger partial charge in [0.2, 0.25) is 10.0 Å². The number of hydrogen-bond donors (Lipinski definition) is 2. The molecule has 3 N–H and O–H groups in total. The number of rotatable bonds is 6. The van der Waals surface area contributed by atoms with Gasteiger partial charge >= 0.3 is 0 Å². The van der Waals surface area contributed by atoms with Crippen LogP contribution >= 0.6 is 0 Å². The zero-order valence-corrected chi connectivity index (χ0v) is 11.5. The summed E-state index contributed by atoms with van der Waals surface area (Å²) in [7, 11) is -0.659. The Bertz CT molecular complexity index is 502. The van der Waals surface area contributed by atoms with Crippen LogP contribution in [0.25, 0.3) is 0 Å². The maximum atomic E-state index is 12.0. The fourth-order valence-corrected chi connectivity index (χ4v) is 2.64. The number of ether oxygens (including phenoxy) is 2. The maximum absolute atomic E-state index is 12.0. The third-order valence-corrected chi connectivity index (χ3v) is 3.96. The minimum Gasteiger partial charge on any atom is -0.493 e. The van der Waals surface area contributed by atoms with Crippen LogP contribution in [-0.2, 0) is 10.0 Å². The highest BCUT2D eigenvalue weighted by atomic mass is 32.2. The lowest BCUT2D eigenvalue weighted by Crippen LogP contribution is -2.37. The van der Waals surface area contributed by atoms with Gasteiger partial charge in [0.1, 0.15) is 0 Å². The Balaban J connectivity index is 3.10. The summed E-state index contributed by atoms with van der Waals surface area (Å²) in [6.07, 6.45) is 0. The standard InChI is InChI=1S/C11H18N2O4S/c1-8(7-12)13-18(14,15)9-4-5-10(16-2)11(6-9)17-3/h4-6,8,13H,7,12H2,1-3H3/t8-/m0/s1. The molecule has 1 aromatic rings. The Morgan fingerprint density at radius 2 is 1.89 bits per heavy atom. The quantitative estimate of drug-likeness (QED) is 0.780. The van der Waals surface area contributed by atoms with Crippen LogP contribution in [0.3, 0.4) is 0 Å². The van der Waals surface area contributed by atoms with Crippen molar-refractivity contribution in [2.45, 2.75) is 17.9 Å². The molecule has 0 bridgehead atoms. The summed E-state index contributed by atoms with van der Waals surface area (Å²) >= 11 is 0. The molecule has 0 radical (unpaired) electrons. The minimum absolute atomic E-state index is 0.112. The van der Waals surface area contributed by atoms with Crippen LogP contribution in [0.1, 0.15) is 6.92 Å². The van der Waals surface area contributed by atoms with Crippen molar-refractivity contribution < 1.29 is 17.9 Å². The number of nitrogens with one attached hydrogen (secondary N) is 1. The van der Waals surface area contributed by atoms with E-state index < -0.39 is 10.0 Å². The number of methoxy groups -OCH3 is 2. The van der Waals surface area contributed by atoms with E-state index in [-0.39, 0.29) is 17.5 Å². The van der Waals surface area contributed by atoms with Gasteiger partial charge in [-0.2, -0.15) is 0 Å². The molecular weight excluding hydrogens is 256 g/mol. The Kier molecular flexibility index (Phi) is 4.94. The summed E-state index contributed by atoms with van der Waals surface area (Å²) in [5.74, 6) is 0.837. The topological polar surface area (TPSA) is 90.7 Å². The molecule has 0 unspecified atom stereocenters. The van der Waals surface area contributed by atoms with Gasteiger partial charge in [-0.05, 0) is 19.1 Å². The van der Waals surface area contributed by atoms with Gasteiger partial charge in [-0.15, -0.1) is 0 Å². The Labute approximate surface area is 107 Å². The second-order valence-electron chi connectivity index (χ2n) is 3.77. The van der Waals surface area contributed by atoms with E-state index >= 15 is 0 Å². The first-order valence-corrected chi connectivity index (χ1v) is 6.87. The van der Waals surface area contributed by atoms with E-state index in [9.17, 15) is 8.42 Å². The first-order valence-electron chi connectivity index (χ1n) is 5.39. The minimum atomic E-state index is -3.59. The van der Waals surface area contributed by atoms with E-state index in [1.807, 2.05) is 0 Å². The first kappa shape index (κ1) is 14.7. The lowest BCUT2D eigenvalue weighted by molar-refractivity contribution is 0.354. The van der Waals surface area contributed by atoms with E-state index in [0.717, 1.165) is 0 Å². The van der Waals surface area contributed by atoms with E-state index in [1.165, 1.54) is 26.4 Å². The van der Waals surface area contributed by atoms with Crippen molar-refractivity contribution in [3.8, 4) is 11.5 Å². The monoisotopic (exact) mass is 274 g/mol. The zero-order valence-electron chi connectivity index (χ0n) is 10.6. The highest BCUT2D eigenvalue weighted by molar-refractivity contribution is 7.89. The van der Waals surface area contributed by atoms with E-state index in [2.05, 4.69) is 4.72 Å². The van der Waals surface area contributed by atoms with Gasteiger partial charge in [0.15, 0.2) is 11.5 Å². The molecule has 0 aromatic heterocycles. The third kappa shape index (κ3) is 3.34. The predicted molar refractivity (Wildman–Crippen MR) is 68.4 cm³/mol. The van der Waals surface area contributed by atoms with Crippen molar-refractivity contribution in [2.24, 2.45) is 5.73 Å². The molecule has 0 fully saturated rings. The summed E-state index contributed by atoms with van der Waals surface area (Å²) in [4.78, 5) is 0.112. The van der Waals surface area contributed by atoms with Crippen LogP contribution in [0.15, 0.2) is 23.1 Å². The molecule has 1 rings (SSSR count). The van der Waals surface area contributed by atoms with Gasteiger partial charge in [0.25, 0.3) is 0 Å². The molecule has 0 heterocycles. The van der Waals surface area contributed by atoms with Crippen LogP contribution < -0.4 is 19.9 Å². The Morgan fingerprint density at radius 3 is 2.39 bits per heavy atom. The molecular formula is C11H18N2O4S. The number of benzene rings is 1. The molecule has 1 atom stereocenters. The lowest BCUT2D eigenvalue weighted by Gasteiger charge is -2.13. The van der Waals surface area contributed by atoms with E-state index in [0.29, 0.717) is 11.5 Å². The summed E-state index contributed by atoms with van der Waals surface area (Å²) < 4.78 is 36.6. The van der Waals surface area contributed by atoms with Gasteiger partial charge in [0.05, 0.1) is 19.1 Å². The largest absolute Gasteiger partial charge is 0.493 e. The van der Waals surface area contributed by atoms with Crippen molar-refractivity contribution in [2.75, 3.05) is 20.8 Å². The summed E-state index contributed by atoms with van der Waals surface area (Å²) in [5.41, 5.74) is 5.39. The van der Waals surface area contributed by atoms with Crippen LogP contribution in [0, 0.1) is 0 Å². The second-order valence-corrected chi connectivity index (χ2v) is 5.49. The normalized spacial score (nSPS) is 13.1. The molecule has 0 saturated carbocycles. The van der Waals surface area contributed by atoms with Gasteiger partial charge in [-0.25, -0.2) is 13.1 Å². The molecule has 0 spiro atoms. The van der Waals surface area contributed by atoms with Gasteiger partial charge in [-0.1, -0.05) is 0 Å². The third-order valence-electron chi connectivity index (χ3n) is 2.38. The van der Waals surface area contributed by atoms with E-state index in [1.54, 1.807) is 13.0 Å². The van der Waals surface area contributed by atoms with Crippen LogP contribution in [0.4, 0.5) is 0 Å². The molecule has 0 aliphatic carbocycles. The molecule has 7 heteroatoms. The molecule has 1 aromatic carbocycles. The maximum Gasteiger partial charge on any atom is 0.240 e. The van der Waals surface area contributed by atoms with Crippen molar-refractivity contribution in [3.63, 3.8) is 0 Å². The highest BCUT2D eigenvalue weighted by Gasteiger charge is 2.18. The smallest absolute Gasteiger partial charge is 0.240 e. The molecule has 0 saturated heterocycles. The summed E-state index contributed by atoms with van der Waals surface area (Å²) in [5, 5.41) is 0. The van der Waals surface area contributed by atoms with Crippen molar-refractivity contribution in [3.05, 3.63) is 18.2 Å². The number of nitrogens with two attached hydrogens (primary N) is 1. The highest BCUT2D eigenvalue weighted by Crippen LogP contribution is 2.29. The molecule has 6 nitrogen and oxygen atoms in total. The lowest BCUT2D eigenvalue weighted by atomic mass is 10.3. The Hall–Kier alpha value is -1.31. The van der Waals surface area contributed by atoms with Gasteiger partial charge in [-0.3, -0.25) is 0 Å². The zero-order chi connectivity index (χ0) is 13.8. The van der Waals surface area contributed by atoms with Crippen molar-refractivity contribution in [1.82, 2.24) is 4.72 Å². The SMILES string of the molecule is COc1ccc(S(=O)(=O)N[C@@H](C)CN)cc1OC. The average molecular weight is 274 g/mol. The molecule has 0 aliphatic rings. The van der Waals surface area contributed by atoms with Crippen LogP contribution in [-0.4, -0.2) is 35.2 Å². The number of sulfonamides is 1. The summed E-state index contributed by atoms with van der Waals surface area (Å²) in [6, 6.07) is 4.07. The van der Waals surface area contributed by atoms with Crippen LogP contribution in [0.5, 0.6) is 11.5 Å². The molecule has 18 heavy (non-hydrogen) atoms. The predicted octanol–water partition coefficient (Wildman–Crippen LogP) is 0.329. The number of hydrogen-bond acceptors (Lipinski definition) is 5. The first-order chi connectivity index (χ1) is 8.44. The summed E-state index contributed by atoms with van der Waals surface area (Å²) in [6.45, 7) is 1.92. The van der Waals surface area contributed by atoms with Crippen molar-refractivity contribution in [1.29, 1.82) is 0 Å². The molecule has 102 valence electrons. The van der Waals surface area contributed by atoms with Crippen molar-refractivity contribution >= 4 is 10.0 Å². The second kappa shape index (κ2) is 6.03.